The third-order valence-electron chi connectivity index (χ3n) is 3.66. The lowest BCUT2D eigenvalue weighted by Crippen LogP contribution is -2.56. The summed E-state index contributed by atoms with van der Waals surface area (Å²) in [7, 11) is 6.41. The number of carbonyl (C=O) groups excluding carboxylic acids is 1. The van der Waals surface area contributed by atoms with Gasteiger partial charge in [0, 0.05) is 19.5 Å². The molecule has 92 valence electrons. The number of likely N-dealkylation sites (N-methyl/N-ethyl adjacent to an activating group) is 1. The van der Waals surface area contributed by atoms with Crippen LogP contribution in [-0.2, 0) is 4.79 Å². The predicted molar refractivity (Wildman–Crippen MR) is 67.8 cm³/mol. The summed E-state index contributed by atoms with van der Waals surface area (Å²) in [6, 6.07) is 10.6. The van der Waals surface area contributed by atoms with Crippen LogP contribution in [0.2, 0.25) is 0 Å². The van der Waals surface area contributed by atoms with E-state index in [2.05, 4.69) is 26.2 Å². The van der Waals surface area contributed by atoms with Gasteiger partial charge in [-0.2, -0.15) is 0 Å². The van der Waals surface area contributed by atoms with Gasteiger partial charge in [-0.05, 0) is 0 Å². The predicted octanol–water partition coefficient (Wildman–Crippen LogP) is 1.83. The number of rotatable bonds is 1. The first-order valence-electron chi connectivity index (χ1n) is 6.01. The van der Waals surface area contributed by atoms with Gasteiger partial charge in [-0.25, -0.2) is 0 Å². The van der Waals surface area contributed by atoms with Gasteiger partial charge < -0.3 is 9.38 Å². The topological polar surface area (TPSA) is 20.3 Å². The van der Waals surface area contributed by atoms with Gasteiger partial charge in [0.25, 0.3) is 0 Å². The summed E-state index contributed by atoms with van der Waals surface area (Å²) in [6.07, 6.45) is 0. The summed E-state index contributed by atoms with van der Waals surface area (Å²) in [6.45, 7) is 4.11. The average molecular weight is 232 g/mol. The van der Waals surface area contributed by atoms with Crippen molar-refractivity contribution in [3.63, 3.8) is 0 Å². The summed E-state index contributed by atoms with van der Waals surface area (Å²) in [4.78, 5) is 13.4. The second-order valence-corrected chi connectivity index (χ2v) is 5.09. The first-order chi connectivity index (χ1) is 8.00. The van der Waals surface area contributed by atoms with Crippen LogP contribution in [0.5, 0.6) is 0 Å². The number of benzene rings is 1. The molecule has 0 spiro atoms. The maximum atomic E-state index is 11.5. The Bertz CT molecular complexity index is 400. The SMILES string of the molecule is [CH2-][N+]1(C)CCN(C(C)=O)CC1c1ccccc1. The molecule has 1 fully saturated rings. The Balaban J connectivity index is 2.25. The van der Waals surface area contributed by atoms with E-state index in [1.54, 1.807) is 6.92 Å². The van der Waals surface area contributed by atoms with Gasteiger partial charge in [0.15, 0.2) is 0 Å². The molecule has 0 aromatic heterocycles. The molecule has 1 aliphatic rings. The zero-order chi connectivity index (χ0) is 12.5. The molecule has 0 aliphatic carbocycles. The number of amides is 1. The van der Waals surface area contributed by atoms with Crippen LogP contribution in [0, 0.1) is 7.05 Å². The van der Waals surface area contributed by atoms with Crippen molar-refractivity contribution in [2.45, 2.75) is 13.0 Å². The van der Waals surface area contributed by atoms with E-state index in [-0.39, 0.29) is 11.9 Å². The van der Waals surface area contributed by atoms with Crippen molar-refractivity contribution < 1.29 is 9.28 Å². The zero-order valence-corrected chi connectivity index (χ0v) is 10.6. The van der Waals surface area contributed by atoms with Gasteiger partial charge in [0.05, 0.1) is 19.6 Å². The maximum Gasteiger partial charge on any atom is 0.219 e. The van der Waals surface area contributed by atoms with Gasteiger partial charge >= 0.3 is 0 Å². The minimum absolute atomic E-state index is 0.158. The molecule has 1 aliphatic heterocycles. The molecule has 0 bridgehead atoms. The van der Waals surface area contributed by atoms with Crippen LogP contribution in [0.3, 0.4) is 0 Å². The fourth-order valence-corrected chi connectivity index (χ4v) is 2.43. The third-order valence-corrected chi connectivity index (χ3v) is 3.66. The molecule has 1 aromatic carbocycles. The number of piperazine rings is 1. The molecule has 0 radical (unpaired) electrons. The van der Waals surface area contributed by atoms with Crippen molar-refractivity contribution in [1.82, 2.24) is 4.90 Å². The van der Waals surface area contributed by atoms with Crippen LogP contribution >= 0.6 is 0 Å². The number of hydrogen-bond acceptors (Lipinski definition) is 1. The highest BCUT2D eigenvalue weighted by Crippen LogP contribution is 2.30. The largest absolute Gasteiger partial charge is 0.450 e. The van der Waals surface area contributed by atoms with E-state index < -0.39 is 0 Å². The highest BCUT2D eigenvalue weighted by atomic mass is 16.2. The Kier molecular flexibility index (Phi) is 3.20. The maximum absolute atomic E-state index is 11.5. The van der Waals surface area contributed by atoms with Crippen molar-refractivity contribution in [1.29, 1.82) is 0 Å². The van der Waals surface area contributed by atoms with Gasteiger partial charge in [0.1, 0.15) is 6.04 Å². The molecule has 1 heterocycles. The van der Waals surface area contributed by atoms with Crippen LogP contribution in [0.25, 0.3) is 0 Å². The molecular weight excluding hydrogens is 212 g/mol. The highest BCUT2D eigenvalue weighted by molar-refractivity contribution is 5.73. The van der Waals surface area contributed by atoms with Gasteiger partial charge in [-0.15, -0.1) is 7.05 Å². The van der Waals surface area contributed by atoms with E-state index in [1.807, 2.05) is 23.1 Å². The van der Waals surface area contributed by atoms with E-state index in [1.165, 1.54) is 5.56 Å². The van der Waals surface area contributed by atoms with E-state index in [0.29, 0.717) is 4.48 Å². The summed E-state index contributed by atoms with van der Waals surface area (Å²) in [5.41, 5.74) is 1.26. The van der Waals surface area contributed by atoms with Crippen molar-refractivity contribution in [2.75, 3.05) is 26.7 Å². The minimum atomic E-state index is 0.158. The molecule has 3 heteroatoms. The highest BCUT2D eigenvalue weighted by Gasteiger charge is 2.33. The lowest BCUT2D eigenvalue weighted by Gasteiger charge is -2.51. The zero-order valence-electron chi connectivity index (χ0n) is 10.6. The number of carbonyl (C=O) groups is 1. The van der Waals surface area contributed by atoms with Crippen LogP contribution in [-0.4, -0.2) is 42.0 Å². The fourth-order valence-electron chi connectivity index (χ4n) is 2.43. The Morgan fingerprint density at radius 3 is 2.65 bits per heavy atom. The molecule has 2 unspecified atom stereocenters. The molecule has 3 nitrogen and oxygen atoms in total. The average Bonchev–Trinajstić information content (AvgIpc) is 2.29. The first-order valence-corrected chi connectivity index (χ1v) is 6.01. The lowest BCUT2D eigenvalue weighted by molar-refractivity contribution is -0.902. The van der Waals surface area contributed by atoms with Crippen molar-refractivity contribution in [3.05, 3.63) is 42.9 Å². The number of hydrogen-bond donors (Lipinski definition) is 0. The van der Waals surface area contributed by atoms with Crippen molar-refractivity contribution in [3.8, 4) is 0 Å². The van der Waals surface area contributed by atoms with Gasteiger partial charge in [0.2, 0.25) is 5.91 Å². The van der Waals surface area contributed by atoms with Crippen LogP contribution < -0.4 is 0 Å². The van der Waals surface area contributed by atoms with E-state index in [9.17, 15) is 4.79 Å². The normalized spacial score (nSPS) is 29.1. The van der Waals surface area contributed by atoms with Crippen LogP contribution in [0.15, 0.2) is 30.3 Å². The van der Waals surface area contributed by atoms with Gasteiger partial charge in [-0.3, -0.25) is 4.79 Å². The molecular formula is C14H20N2O. The number of nitrogens with zero attached hydrogens (tertiary/aromatic N) is 2. The molecule has 1 aromatic rings. The standard InChI is InChI=1S/C14H20N2O/c1-12(17)15-9-10-16(2,3)14(11-15)13-7-5-4-6-8-13/h4-8,14H,2,9-11H2,1,3H3. The second-order valence-electron chi connectivity index (χ2n) is 5.09. The molecule has 17 heavy (non-hydrogen) atoms. The quantitative estimate of drug-likeness (QED) is 0.534. The van der Waals surface area contributed by atoms with Crippen LogP contribution in [0.1, 0.15) is 18.5 Å². The monoisotopic (exact) mass is 232 g/mol. The summed E-state index contributed by atoms with van der Waals surface area (Å²) in [5, 5.41) is 0. The third kappa shape index (κ3) is 2.50. The Morgan fingerprint density at radius 2 is 2.06 bits per heavy atom. The molecule has 0 N–H and O–H groups in total. The molecule has 0 saturated carbocycles. The fraction of sp³-hybridized carbons (Fsp3) is 0.429. The van der Waals surface area contributed by atoms with Crippen LogP contribution in [0.4, 0.5) is 0 Å². The Morgan fingerprint density at radius 1 is 1.41 bits per heavy atom. The molecule has 2 rings (SSSR count). The molecule has 2 atom stereocenters. The van der Waals surface area contributed by atoms with E-state index in [4.69, 9.17) is 0 Å². The van der Waals surface area contributed by atoms with Crippen molar-refractivity contribution >= 4 is 5.91 Å². The minimum Gasteiger partial charge on any atom is -0.450 e. The van der Waals surface area contributed by atoms with E-state index in [0.717, 1.165) is 19.6 Å². The van der Waals surface area contributed by atoms with Crippen molar-refractivity contribution in [2.24, 2.45) is 0 Å². The van der Waals surface area contributed by atoms with E-state index >= 15 is 0 Å². The second kappa shape index (κ2) is 4.49. The summed E-state index contributed by atoms with van der Waals surface area (Å²) in [5.74, 6) is 0.158. The first kappa shape index (κ1) is 12.1. The smallest absolute Gasteiger partial charge is 0.219 e. The number of quaternary nitrogens is 1. The Hall–Kier alpha value is -1.35. The molecule has 1 saturated heterocycles. The summed E-state index contributed by atoms with van der Waals surface area (Å²) >= 11 is 0. The molecule has 1 amide bonds. The lowest BCUT2D eigenvalue weighted by atomic mass is 10.0. The van der Waals surface area contributed by atoms with Gasteiger partial charge in [-0.1, -0.05) is 30.3 Å². The Labute approximate surface area is 103 Å². The summed E-state index contributed by atoms with van der Waals surface area (Å²) < 4.78 is 0.702.